The van der Waals surface area contributed by atoms with E-state index in [1.807, 2.05) is 0 Å². The SMILES string of the molecule is O=C(Nc1ccc2nc(N3C(=O)c4ccccc4C3=O)sc2c1)Nc1ccccc1Cl. The third-order valence-corrected chi connectivity index (χ3v) is 6.08. The Labute approximate surface area is 185 Å². The van der Waals surface area contributed by atoms with Crippen molar-refractivity contribution in [3.8, 4) is 0 Å². The quantitative estimate of drug-likeness (QED) is 0.411. The number of para-hydroxylation sites is 1. The zero-order valence-electron chi connectivity index (χ0n) is 15.8. The van der Waals surface area contributed by atoms with Crippen LogP contribution in [0.2, 0.25) is 5.02 Å². The summed E-state index contributed by atoms with van der Waals surface area (Å²) in [7, 11) is 0. The van der Waals surface area contributed by atoms with Crippen molar-refractivity contribution in [1.29, 1.82) is 0 Å². The maximum atomic E-state index is 12.7. The van der Waals surface area contributed by atoms with Gasteiger partial charge in [-0.25, -0.2) is 14.7 Å². The molecule has 2 heterocycles. The number of rotatable bonds is 3. The lowest BCUT2D eigenvalue weighted by Gasteiger charge is -2.08. The first kappa shape index (κ1) is 19.2. The number of amides is 4. The third-order valence-electron chi connectivity index (χ3n) is 4.74. The van der Waals surface area contributed by atoms with Crippen LogP contribution in [0.4, 0.5) is 21.3 Å². The van der Waals surface area contributed by atoms with Crippen molar-refractivity contribution in [3.63, 3.8) is 0 Å². The van der Waals surface area contributed by atoms with Gasteiger partial charge in [-0.3, -0.25) is 9.59 Å². The van der Waals surface area contributed by atoms with Crippen molar-refractivity contribution in [2.75, 3.05) is 15.5 Å². The lowest BCUT2D eigenvalue weighted by molar-refractivity contribution is 0.0926. The molecular weight excluding hydrogens is 436 g/mol. The molecule has 3 aromatic carbocycles. The van der Waals surface area contributed by atoms with Gasteiger partial charge in [0.1, 0.15) is 0 Å². The molecule has 0 saturated heterocycles. The predicted molar refractivity (Wildman–Crippen MR) is 121 cm³/mol. The molecule has 0 bridgehead atoms. The fraction of sp³-hybridized carbons (Fsp3) is 0. The highest BCUT2D eigenvalue weighted by atomic mass is 35.5. The minimum atomic E-state index is -0.447. The summed E-state index contributed by atoms with van der Waals surface area (Å²) in [5.74, 6) is -0.783. The summed E-state index contributed by atoms with van der Waals surface area (Å²) >= 11 is 7.26. The van der Waals surface area contributed by atoms with E-state index < -0.39 is 17.8 Å². The lowest BCUT2D eigenvalue weighted by Crippen LogP contribution is -2.29. The average Bonchev–Trinajstić information content (AvgIpc) is 3.28. The van der Waals surface area contributed by atoms with Gasteiger partial charge >= 0.3 is 6.03 Å². The highest BCUT2D eigenvalue weighted by molar-refractivity contribution is 7.22. The van der Waals surface area contributed by atoms with E-state index in [4.69, 9.17) is 11.6 Å². The Balaban J connectivity index is 1.39. The molecule has 0 fully saturated rings. The van der Waals surface area contributed by atoms with Gasteiger partial charge in [-0.05, 0) is 42.5 Å². The van der Waals surface area contributed by atoms with Gasteiger partial charge in [0, 0.05) is 5.69 Å². The zero-order chi connectivity index (χ0) is 21.5. The monoisotopic (exact) mass is 448 g/mol. The summed E-state index contributed by atoms with van der Waals surface area (Å²) in [6.07, 6.45) is 0. The number of fused-ring (bicyclic) bond motifs is 2. The van der Waals surface area contributed by atoms with Crippen molar-refractivity contribution in [2.45, 2.75) is 0 Å². The predicted octanol–water partition coefficient (Wildman–Crippen LogP) is 5.39. The van der Waals surface area contributed by atoms with Crippen LogP contribution in [0, 0.1) is 0 Å². The molecular formula is C22H13ClN4O3S. The van der Waals surface area contributed by atoms with Crippen molar-refractivity contribution < 1.29 is 14.4 Å². The first-order valence-electron chi connectivity index (χ1n) is 9.22. The Morgan fingerprint density at radius 1 is 0.903 bits per heavy atom. The van der Waals surface area contributed by atoms with Gasteiger partial charge in [-0.1, -0.05) is 47.2 Å². The smallest absolute Gasteiger partial charge is 0.308 e. The highest BCUT2D eigenvalue weighted by Gasteiger charge is 2.38. The minimum absolute atomic E-state index is 0.291. The molecule has 9 heteroatoms. The van der Waals surface area contributed by atoms with Gasteiger partial charge in [0.05, 0.1) is 32.1 Å². The molecule has 4 amide bonds. The molecule has 0 aliphatic carbocycles. The van der Waals surface area contributed by atoms with E-state index >= 15 is 0 Å². The van der Waals surface area contributed by atoms with Crippen molar-refractivity contribution in [2.24, 2.45) is 0 Å². The van der Waals surface area contributed by atoms with Crippen LogP contribution in [-0.4, -0.2) is 22.8 Å². The lowest BCUT2D eigenvalue weighted by atomic mass is 10.1. The molecule has 1 aromatic heterocycles. The number of aromatic nitrogens is 1. The molecule has 152 valence electrons. The summed E-state index contributed by atoms with van der Waals surface area (Å²) in [5.41, 5.74) is 2.38. The number of halogens is 1. The molecule has 0 radical (unpaired) electrons. The van der Waals surface area contributed by atoms with E-state index in [1.54, 1.807) is 66.7 Å². The largest absolute Gasteiger partial charge is 0.323 e. The molecule has 7 nitrogen and oxygen atoms in total. The standard InChI is InChI=1S/C22H13ClN4O3S/c23-15-7-3-4-8-16(15)25-21(30)24-12-9-10-17-18(11-12)31-22(26-17)27-19(28)13-5-1-2-6-14(13)20(27)29/h1-11H,(H2,24,25,30). The fourth-order valence-corrected chi connectivity index (χ4v) is 4.48. The van der Waals surface area contributed by atoms with E-state index in [0.29, 0.717) is 38.2 Å². The summed E-state index contributed by atoms with van der Waals surface area (Å²) < 4.78 is 0.724. The Bertz CT molecular complexity index is 1350. The number of thiazole rings is 1. The van der Waals surface area contributed by atoms with Crippen LogP contribution < -0.4 is 15.5 Å². The molecule has 4 aromatic rings. The Kier molecular flexibility index (Phi) is 4.65. The molecule has 2 N–H and O–H groups in total. The second-order valence-electron chi connectivity index (χ2n) is 6.73. The summed E-state index contributed by atoms with van der Waals surface area (Å²) in [5, 5.41) is 6.15. The second-order valence-corrected chi connectivity index (χ2v) is 8.15. The number of imide groups is 1. The maximum absolute atomic E-state index is 12.7. The van der Waals surface area contributed by atoms with E-state index in [-0.39, 0.29) is 0 Å². The zero-order valence-corrected chi connectivity index (χ0v) is 17.3. The Morgan fingerprint density at radius 2 is 1.58 bits per heavy atom. The highest BCUT2D eigenvalue weighted by Crippen LogP contribution is 2.35. The van der Waals surface area contributed by atoms with Crippen LogP contribution >= 0.6 is 22.9 Å². The van der Waals surface area contributed by atoms with Gasteiger partial charge < -0.3 is 10.6 Å². The van der Waals surface area contributed by atoms with E-state index in [9.17, 15) is 14.4 Å². The van der Waals surface area contributed by atoms with Crippen LogP contribution in [-0.2, 0) is 0 Å². The number of carbonyl (C=O) groups is 3. The molecule has 0 spiro atoms. The van der Waals surface area contributed by atoms with Gasteiger partial charge in [-0.2, -0.15) is 0 Å². The first-order valence-corrected chi connectivity index (χ1v) is 10.4. The Morgan fingerprint density at radius 3 is 2.29 bits per heavy atom. The van der Waals surface area contributed by atoms with Gasteiger partial charge in [0.25, 0.3) is 11.8 Å². The van der Waals surface area contributed by atoms with Crippen LogP contribution in [0.15, 0.2) is 66.7 Å². The van der Waals surface area contributed by atoms with Crippen molar-refractivity contribution >= 4 is 67.5 Å². The average molecular weight is 449 g/mol. The number of benzene rings is 3. The van der Waals surface area contributed by atoms with E-state index in [0.717, 1.165) is 9.60 Å². The summed E-state index contributed by atoms with van der Waals surface area (Å²) in [4.78, 5) is 43.2. The molecule has 1 aliphatic heterocycles. The second kappa shape index (κ2) is 7.50. The van der Waals surface area contributed by atoms with Crippen LogP contribution in [0.5, 0.6) is 0 Å². The molecule has 0 atom stereocenters. The molecule has 0 unspecified atom stereocenters. The molecule has 31 heavy (non-hydrogen) atoms. The summed E-state index contributed by atoms with van der Waals surface area (Å²) in [6, 6.07) is 18.3. The molecule has 0 saturated carbocycles. The van der Waals surface area contributed by atoms with Gasteiger partial charge in [0.2, 0.25) is 5.13 Å². The van der Waals surface area contributed by atoms with Crippen molar-refractivity contribution in [3.05, 3.63) is 82.9 Å². The number of nitrogens with one attached hydrogen (secondary N) is 2. The van der Waals surface area contributed by atoms with Crippen molar-refractivity contribution in [1.82, 2.24) is 4.98 Å². The molecule has 1 aliphatic rings. The molecule has 5 rings (SSSR count). The van der Waals surface area contributed by atoms with Crippen LogP contribution in [0.25, 0.3) is 10.2 Å². The third kappa shape index (κ3) is 3.41. The Hall–Kier alpha value is -3.75. The number of hydrogen-bond donors (Lipinski definition) is 2. The summed E-state index contributed by atoms with van der Waals surface area (Å²) in [6.45, 7) is 0. The fourth-order valence-electron chi connectivity index (χ4n) is 3.30. The van der Waals surface area contributed by atoms with Gasteiger partial charge in [-0.15, -0.1) is 0 Å². The van der Waals surface area contributed by atoms with E-state index in [2.05, 4.69) is 15.6 Å². The number of carbonyl (C=O) groups excluding carboxylic acids is 3. The van der Waals surface area contributed by atoms with Crippen LogP contribution in [0.3, 0.4) is 0 Å². The number of anilines is 3. The number of hydrogen-bond acceptors (Lipinski definition) is 5. The number of nitrogens with zero attached hydrogens (tertiary/aromatic N) is 2. The maximum Gasteiger partial charge on any atom is 0.323 e. The number of urea groups is 1. The minimum Gasteiger partial charge on any atom is -0.308 e. The normalized spacial score (nSPS) is 12.9. The topological polar surface area (TPSA) is 91.4 Å². The van der Waals surface area contributed by atoms with Gasteiger partial charge in [0.15, 0.2) is 0 Å². The van der Waals surface area contributed by atoms with Crippen LogP contribution in [0.1, 0.15) is 20.7 Å². The first-order chi connectivity index (χ1) is 15.0. The van der Waals surface area contributed by atoms with E-state index in [1.165, 1.54) is 11.3 Å².